The molecule has 1 nitrogen and oxygen atoms in total. The number of halogens is 2. The van der Waals surface area contributed by atoms with Crippen LogP contribution in [0.4, 0.5) is 0 Å². The van der Waals surface area contributed by atoms with E-state index < -0.39 is 0 Å². The first-order valence-corrected chi connectivity index (χ1v) is 6.56. The van der Waals surface area contributed by atoms with Gasteiger partial charge in [0, 0.05) is 10.0 Å². The van der Waals surface area contributed by atoms with Crippen LogP contribution in [0.15, 0.2) is 42.5 Å². The SMILES string of the molecule is CNC(c1cc(C)cc(Cl)c1)c1ccccc1Cl. The number of benzene rings is 2. The Bertz CT molecular complexity index is 532. The van der Waals surface area contributed by atoms with E-state index >= 15 is 0 Å². The smallest absolute Gasteiger partial charge is 0.0589 e. The van der Waals surface area contributed by atoms with Gasteiger partial charge in [-0.05, 0) is 48.9 Å². The normalized spacial score (nSPS) is 12.4. The lowest BCUT2D eigenvalue weighted by Gasteiger charge is -2.19. The van der Waals surface area contributed by atoms with Crippen LogP contribution in [0.5, 0.6) is 0 Å². The molecule has 1 atom stereocenters. The largest absolute Gasteiger partial charge is 0.309 e. The summed E-state index contributed by atoms with van der Waals surface area (Å²) in [4.78, 5) is 0. The minimum Gasteiger partial charge on any atom is -0.309 e. The maximum absolute atomic E-state index is 6.25. The first-order valence-electron chi connectivity index (χ1n) is 5.80. The summed E-state index contributed by atoms with van der Waals surface area (Å²) in [5.41, 5.74) is 3.32. The van der Waals surface area contributed by atoms with Crippen LogP contribution in [0.25, 0.3) is 0 Å². The van der Waals surface area contributed by atoms with Gasteiger partial charge in [-0.3, -0.25) is 0 Å². The highest BCUT2D eigenvalue weighted by Crippen LogP contribution is 2.29. The van der Waals surface area contributed by atoms with E-state index in [2.05, 4.69) is 11.4 Å². The van der Waals surface area contributed by atoms with Crippen LogP contribution < -0.4 is 5.32 Å². The fourth-order valence-corrected chi connectivity index (χ4v) is 2.69. The molecule has 1 unspecified atom stereocenters. The molecule has 0 fully saturated rings. The lowest BCUT2D eigenvalue weighted by Crippen LogP contribution is -2.18. The van der Waals surface area contributed by atoms with Crippen molar-refractivity contribution in [3.05, 3.63) is 69.2 Å². The van der Waals surface area contributed by atoms with Gasteiger partial charge in [0.1, 0.15) is 0 Å². The fourth-order valence-electron chi connectivity index (χ4n) is 2.14. The first kappa shape index (κ1) is 13.4. The summed E-state index contributed by atoms with van der Waals surface area (Å²) < 4.78 is 0. The van der Waals surface area contributed by atoms with E-state index in [9.17, 15) is 0 Å². The second-order valence-corrected chi connectivity index (χ2v) is 5.15. The Balaban J connectivity index is 2.48. The monoisotopic (exact) mass is 279 g/mol. The molecule has 0 saturated carbocycles. The van der Waals surface area contributed by atoms with Gasteiger partial charge in [0.2, 0.25) is 0 Å². The van der Waals surface area contributed by atoms with Crippen LogP contribution in [0.1, 0.15) is 22.7 Å². The van der Waals surface area contributed by atoms with E-state index in [0.29, 0.717) is 0 Å². The molecule has 0 aliphatic heterocycles. The molecule has 0 spiro atoms. The van der Waals surface area contributed by atoms with Crippen molar-refractivity contribution in [2.45, 2.75) is 13.0 Å². The van der Waals surface area contributed by atoms with E-state index in [0.717, 1.165) is 26.7 Å². The first-order chi connectivity index (χ1) is 8.61. The molecule has 2 aromatic carbocycles. The van der Waals surface area contributed by atoms with Crippen molar-refractivity contribution in [2.24, 2.45) is 0 Å². The van der Waals surface area contributed by atoms with Crippen molar-refractivity contribution in [3.63, 3.8) is 0 Å². The predicted molar refractivity (Wildman–Crippen MR) is 78.5 cm³/mol. The second kappa shape index (κ2) is 5.75. The van der Waals surface area contributed by atoms with Gasteiger partial charge in [-0.15, -0.1) is 0 Å². The van der Waals surface area contributed by atoms with Gasteiger partial charge in [0.15, 0.2) is 0 Å². The van der Waals surface area contributed by atoms with Gasteiger partial charge in [-0.2, -0.15) is 0 Å². The van der Waals surface area contributed by atoms with Crippen molar-refractivity contribution in [3.8, 4) is 0 Å². The Kier molecular flexibility index (Phi) is 4.28. The third-order valence-electron chi connectivity index (χ3n) is 2.90. The Morgan fingerprint density at radius 2 is 1.78 bits per heavy atom. The molecule has 0 aliphatic rings. The number of hydrogen-bond donors (Lipinski definition) is 1. The zero-order valence-corrected chi connectivity index (χ0v) is 11.9. The maximum Gasteiger partial charge on any atom is 0.0589 e. The second-order valence-electron chi connectivity index (χ2n) is 4.31. The molecule has 0 bridgehead atoms. The average molecular weight is 280 g/mol. The van der Waals surface area contributed by atoms with Crippen LogP contribution in [0.3, 0.4) is 0 Å². The summed E-state index contributed by atoms with van der Waals surface area (Å²) >= 11 is 12.4. The summed E-state index contributed by atoms with van der Waals surface area (Å²) in [5.74, 6) is 0. The highest BCUT2D eigenvalue weighted by atomic mass is 35.5. The summed E-state index contributed by atoms with van der Waals surface area (Å²) in [5, 5.41) is 4.79. The Morgan fingerprint density at radius 3 is 2.39 bits per heavy atom. The summed E-state index contributed by atoms with van der Waals surface area (Å²) in [6.07, 6.45) is 0. The third kappa shape index (κ3) is 2.86. The summed E-state index contributed by atoms with van der Waals surface area (Å²) in [6, 6.07) is 13.9. The summed E-state index contributed by atoms with van der Waals surface area (Å²) in [7, 11) is 1.92. The molecule has 0 aliphatic carbocycles. The fraction of sp³-hybridized carbons (Fsp3) is 0.200. The van der Waals surface area contributed by atoms with Crippen LogP contribution in [0, 0.1) is 6.92 Å². The average Bonchev–Trinajstić information content (AvgIpc) is 2.31. The van der Waals surface area contributed by atoms with Gasteiger partial charge in [-0.25, -0.2) is 0 Å². The Morgan fingerprint density at radius 1 is 1.06 bits per heavy atom. The zero-order valence-electron chi connectivity index (χ0n) is 10.4. The van der Waals surface area contributed by atoms with Crippen LogP contribution >= 0.6 is 23.2 Å². The Labute approximate surface area is 118 Å². The third-order valence-corrected chi connectivity index (χ3v) is 3.47. The van der Waals surface area contributed by atoms with Crippen LogP contribution in [-0.2, 0) is 0 Å². The molecule has 1 N–H and O–H groups in total. The minimum absolute atomic E-state index is 0.0519. The molecule has 0 aromatic heterocycles. The number of aryl methyl sites for hydroxylation is 1. The topological polar surface area (TPSA) is 12.0 Å². The molecular weight excluding hydrogens is 265 g/mol. The number of hydrogen-bond acceptors (Lipinski definition) is 1. The van der Waals surface area contributed by atoms with Gasteiger partial charge < -0.3 is 5.32 Å². The molecule has 2 aromatic rings. The summed E-state index contributed by atoms with van der Waals surface area (Å²) in [6.45, 7) is 2.04. The lowest BCUT2D eigenvalue weighted by atomic mass is 9.97. The van der Waals surface area contributed by atoms with Crippen molar-refractivity contribution in [2.75, 3.05) is 7.05 Å². The van der Waals surface area contributed by atoms with E-state index in [4.69, 9.17) is 23.2 Å². The standard InChI is InChI=1S/C15H15Cl2N/c1-10-7-11(9-12(16)8-10)15(18-2)13-5-3-4-6-14(13)17/h3-9,15,18H,1-2H3. The molecule has 18 heavy (non-hydrogen) atoms. The van der Waals surface area contributed by atoms with Crippen molar-refractivity contribution in [1.82, 2.24) is 5.32 Å². The predicted octanol–water partition coefficient (Wildman–Crippen LogP) is 4.61. The molecule has 3 heteroatoms. The molecule has 0 heterocycles. The van der Waals surface area contributed by atoms with Crippen LogP contribution in [0.2, 0.25) is 10.0 Å². The zero-order chi connectivity index (χ0) is 13.1. The van der Waals surface area contributed by atoms with Gasteiger partial charge in [0.05, 0.1) is 6.04 Å². The lowest BCUT2D eigenvalue weighted by molar-refractivity contribution is 0.691. The van der Waals surface area contributed by atoms with Gasteiger partial charge >= 0.3 is 0 Å². The quantitative estimate of drug-likeness (QED) is 0.865. The molecule has 2 rings (SSSR count). The molecular formula is C15H15Cl2N. The van der Waals surface area contributed by atoms with Crippen molar-refractivity contribution < 1.29 is 0 Å². The maximum atomic E-state index is 6.25. The van der Waals surface area contributed by atoms with Gasteiger partial charge in [0.25, 0.3) is 0 Å². The number of rotatable bonds is 3. The number of nitrogens with one attached hydrogen (secondary N) is 1. The van der Waals surface area contributed by atoms with Crippen LogP contribution in [-0.4, -0.2) is 7.05 Å². The highest BCUT2D eigenvalue weighted by Gasteiger charge is 2.15. The van der Waals surface area contributed by atoms with E-state index in [1.165, 1.54) is 0 Å². The van der Waals surface area contributed by atoms with Crippen molar-refractivity contribution in [1.29, 1.82) is 0 Å². The molecule has 0 radical (unpaired) electrons. The molecule has 0 amide bonds. The van der Waals surface area contributed by atoms with Crippen molar-refractivity contribution >= 4 is 23.2 Å². The molecule has 94 valence electrons. The van der Waals surface area contributed by atoms with E-state index in [1.54, 1.807) is 0 Å². The molecule has 0 saturated heterocycles. The van der Waals surface area contributed by atoms with E-state index in [1.807, 2.05) is 50.4 Å². The minimum atomic E-state index is 0.0519. The van der Waals surface area contributed by atoms with Gasteiger partial charge in [-0.1, -0.05) is 47.5 Å². The highest BCUT2D eigenvalue weighted by molar-refractivity contribution is 6.31. The van der Waals surface area contributed by atoms with E-state index in [-0.39, 0.29) is 6.04 Å². The Hall–Kier alpha value is -1.02.